The highest BCUT2D eigenvalue weighted by Crippen LogP contribution is 2.26. The Kier molecular flexibility index (Phi) is 3.79. The van der Waals surface area contributed by atoms with Gasteiger partial charge >= 0.3 is 0 Å². The minimum atomic E-state index is -0.382. The van der Waals surface area contributed by atoms with Crippen LogP contribution in [0.4, 0.5) is 4.39 Å². The van der Waals surface area contributed by atoms with E-state index in [0.29, 0.717) is 16.5 Å². The second kappa shape index (κ2) is 5.33. The van der Waals surface area contributed by atoms with Gasteiger partial charge in [0.15, 0.2) is 0 Å². The first-order valence-electron chi connectivity index (χ1n) is 5.30. The number of aryl methyl sites for hydroxylation is 1. The lowest BCUT2D eigenvalue weighted by Gasteiger charge is -2.09. The average molecular weight is 268 g/mol. The summed E-state index contributed by atoms with van der Waals surface area (Å²) in [5.74, 6) is 0.262. The van der Waals surface area contributed by atoms with Gasteiger partial charge < -0.3 is 9.84 Å². The largest absolute Gasteiger partial charge is 0.439 e. The molecule has 2 rings (SSSR count). The third kappa shape index (κ3) is 2.78. The molecule has 18 heavy (non-hydrogen) atoms. The number of aliphatic hydroxyl groups excluding tert-OH is 1. The Balaban J connectivity index is 2.31. The molecule has 0 aliphatic rings. The Labute approximate surface area is 109 Å². The van der Waals surface area contributed by atoms with Crippen LogP contribution in [0.1, 0.15) is 11.3 Å². The molecule has 5 heteroatoms. The van der Waals surface area contributed by atoms with Gasteiger partial charge in [-0.05, 0) is 24.6 Å². The maximum Gasteiger partial charge on any atom is 0.219 e. The highest BCUT2D eigenvalue weighted by molar-refractivity contribution is 6.31. The van der Waals surface area contributed by atoms with E-state index in [9.17, 15) is 4.39 Å². The molecule has 1 aromatic heterocycles. The monoisotopic (exact) mass is 267 g/mol. The normalized spacial score (nSPS) is 10.4. The van der Waals surface area contributed by atoms with Crippen molar-refractivity contribution in [2.45, 2.75) is 13.5 Å². The molecule has 3 nitrogen and oxygen atoms in total. The number of rotatable bonds is 3. The number of aliphatic hydroxyl groups is 1. The summed E-state index contributed by atoms with van der Waals surface area (Å²) in [6.07, 6.45) is 0. The minimum Gasteiger partial charge on any atom is -0.439 e. The highest BCUT2D eigenvalue weighted by Gasteiger charge is 2.07. The average Bonchev–Trinajstić information content (AvgIpc) is 2.36. The van der Waals surface area contributed by atoms with Crippen LogP contribution in [0.15, 0.2) is 30.3 Å². The van der Waals surface area contributed by atoms with E-state index in [4.69, 9.17) is 21.4 Å². The third-order valence-electron chi connectivity index (χ3n) is 2.41. The van der Waals surface area contributed by atoms with Gasteiger partial charge in [0.1, 0.15) is 11.6 Å². The molecule has 0 saturated carbocycles. The topological polar surface area (TPSA) is 42.4 Å². The van der Waals surface area contributed by atoms with Crippen LogP contribution in [0.3, 0.4) is 0 Å². The first kappa shape index (κ1) is 12.8. The zero-order valence-electron chi connectivity index (χ0n) is 9.65. The number of benzene rings is 1. The van der Waals surface area contributed by atoms with Gasteiger partial charge in [-0.25, -0.2) is 9.37 Å². The number of hydrogen-bond acceptors (Lipinski definition) is 3. The molecule has 1 aromatic carbocycles. The lowest BCUT2D eigenvalue weighted by molar-refractivity contribution is 0.275. The molecule has 0 aliphatic heterocycles. The molecular formula is C13H11ClFNO2. The Morgan fingerprint density at radius 2 is 2.11 bits per heavy atom. The van der Waals surface area contributed by atoms with Crippen LogP contribution < -0.4 is 4.74 Å². The summed E-state index contributed by atoms with van der Waals surface area (Å²) in [5, 5.41) is 9.41. The molecule has 0 fully saturated rings. The number of ether oxygens (including phenoxy) is 1. The molecule has 0 amide bonds. The van der Waals surface area contributed by atoms with Crippen molar-refractivity contribution in [3.05, 3.63) is 52.4 Å². The van der Waals surface area contributed by atoms with E-state index >= 15 is 0 Å². The van der Waals surface area contributed by atoms with Crippen LogP contribution in [0, 0.1) is 12.7 Å². The molecule has 0 bridgehead atoms. The van der Waals surface area contributed by atoms with Gasteiger partial charge in [-0.3, -0.25) is 0 Å². The van der Waals surface area contributed by atoms with Crippen molar-refractivity contribution < 1.29 is 14.2 Å². The third-order valence-corrected chi connectivity index (χ3v) is 2.75. The van der Waals surface area contributed by atoms with Crippen LogP contribution in [-0.4, -0.2) is 10.1 Å². The maximum atomic E-state index is 13.1. The molecule has 1 heterocycles. The second-order valence-electron chi connectivity index (χ2n) is 3.75. The molecule has 0 saturated heterocycles. The van der Waals surface area contributed by atoms with E-state index in [0.717, 1.165) is 5.56 Å². The van der Waals surface area contributed by atoms with Gasteiger partial charge in [0.05, 0.1) is 17.3 Å². The van der Waals surface area contributed by atoms with Gasteiger partial charge in [-0.2, -0.15) is 0 Å². The lowest BCUT2D eigenvalue weighted by Crippen LogP contribution is -1.96. The standard InChI is InChI=1S/C13H11ClFNO2/c1-8-2-3-9(15)6-12(8)18-13-5-4-10(14)11(7-17)16-13/h2-6,17H,7H2,1H3. The number of hydrogen-bond donors (Lipinski definition) is 1. The number of aromatic nitrogens is 1. The molecule has 0 atom stereocenters. The quantitative estimate of drug-likeness (QED) is 0.926. The molecule has 2 aromatic rings. The first-order chi connectivity index (χ1) is 8.60. The van der Waals surface area contributed by atoms with Gasteiger partial charge in [-0.1, -0.05) is 17.7 Å². The van der Waals surface area contributed by atoms with Crippen LogP contribution >= 0.6 is 11.6 Å². The Morgan fingerprint density at radius 1 is 1.33 bits per heavy atom. The Morgan fingerprint density at radius 3 is 2.83 bits per heavy atom. The second-order valence-corrected chi connectivity index (χ2v) is 4.16. The zero-order chi connectivity index (χ0) is 13.1. The molecule has 1 N–H and O–H groups in total. The molecular weight excluding hydrogens is 257 g/mol. The molecule has 0 spiro atoms. The van der Waals surface area contributed by atoms with E-state index in [1.807, 2.05) is 0 Å². The zero-order valence-corrected chi connectivity index (χ0v) is 10.4. The van der Waals surface area contributed by atoms with Crippen molar-refractivity contribution in [2.75, 3.05) is 0 Å². The first-order valence-corrected chi connectivity index (χ1v) is 5.68. The predicted octanol–water partition coefficient (Wildman–Crippen LogP) is 3.47. The summed E-state index contributed by atoms with van der Waals surface area (Å²) in [4.78, 5) is 4.03. The van der Waals surface area contributed by atoms with Crippen molar-refractivity contribution in [1.29, 1.82) is 0 Å². The maximum absolute atomic E-state index is 13.1. The highest BCUT2D eigenvalue weighted by atomic mass is 35.5. The molecule has 0 unspecified atom stereocenters. The SMILES string of the molecule is Cc1ccc(F)cc1Oc1ccc(Cl)c(CO)n1. The van der Waals surface area contributed by atoms with Gasteiger partial charge in [0, 0.05) is 12.1 Å². The van der Waals surface area contributed by atoms with Crippen LogP contribution in [-0.2, 0) is 6.61 Å². The fourth-order valence-corrected chi connectivity index (χ4v) is 1.59. The van der Waals surface area contributed by atoms with Crippen molar-refractivity contribution in [1.82, 2.24) is 4.98 Å². The summed E-state index contributed by atoms with van der Waals surface area (Å²) in [6.45, 7) is 1.52. The van der Waals surface area contributed by atoms with Crippen molar-refractivity contribution in [3.63, 3.8) is 0 Å². The van der Waals surface area contributed by atoms with E-state index < -0.39 is 0 Å². The van der Waals surface area contributed by atoms with E-state index in [-0.39, 0.29) is 18.3 Å². The molecule has 94 valence electrons. The Bertz CT molecular complexity index is 575. The van der Waals surface area contributed by atoms with Crippen LogP contribution in [0.5, 0.6) is 11.6 Å². The van der Waals surface area contributed by atoms with E-state index in [2.05, 4.69) is 4.98 Å². The Hall–Kier alpha value is -1.65. The molecule has 0 aliphatic carbocycles. The predicted molar refractivity (Wildman–Crippen MR) is 66.4 cm³/mol. The summed E-state index contributed by atoms with van der Waals surface area (Å²) < 4.78 is 18.6. The van der Waals surface area contributed by atoms with E-state index in [1.54, 1.807) is 25.1 Å². The summed E-state index contributed by atoms with van der Waals surface area (Å²) in [7, 11) is 0. The van der Waals surface area contributed by atoms with Crippen molar-refractivity contribution >= 4 is 11.6 Å². The van der Waals surface area contributed by atoms with Crippen LogP contribution in [0.25, 0.3) is 0 Å². The fourth-order valence-electron chi connectivity index (χ4n) is 1.43. The number of nitrogens with zero attached hydrogens (tertiary/aromatic N) is 1. The van der Waals surface area contributed by atoms with Crippen LogP contribution in [0.2, 0.25) is 5.02 Å². The molecule has 0 radical (unpaired) electrons. The van der Waals surface area contributed by atoms with Crippen molar-refractivity contribution in [3.8, 4) is 11.6 Å². The number of pyridine rings is 1. The van der Waals surface area contributed by atoms with Gasteiger partial charge in [0.2, 0.25) is 5.88 Å². The van der Waals surface area contributed by atoms with Gasteiger partial charge in [0.25, 0.3) is 0 Å². The van der Waals surface area contributed by atoms with Gasteiger partial charge in [-0.15, -0.1) is 0 Å². The summed E-state index contributed by atoms with van der Waals surface area (Å²) in [5.41, 5.74) is 1.11. The smallest absolute Gasteiger partial charge is 0.219 e. The fraction of sp³-hybridized carbons (Fsp3) is 0.154. The van der Waals surface area contributed by atoms with Crippen molar-refractivity contribution in [2.24, 2.45) is 0 Å². The summed E-state index contributed by atoms with van der Waals surface area (Å²) >= 11 is 5.82. The minimum absolute atomic E-state index is 0.261. The summed E-state index contributed by atoms with van der Waals surface area (Å²) in [6, 6.07) is 7.39. The van der Waals surface area contributed by atoms with E-state index in [1.165, 1.54) is 12.1 Å². The lowest BCUT2D eigenvalue weighted by atomic mass is 10.2. The number of halogens is 2.